The number of benzene rings is 1. The van der Waals surface area contributed by atoms with Gasteiger partial charge in [0.1, 0.15) is 0 Å². The van der Waals surface area contributed by atoms with Crippen LogP contribution in [0.4, 0.5) is 29.3 Å². The summed E-state index contributed by atoms with van der Waals surface area (Å²) in [6.45, 7) is 3.75. The normalized spacial score (nSPS) is 23.1. The number of hydrogen-bond acceptors (Lipinski definition) is 3. The predicted molar refractivity (Wildman–Crippen MR) is 98.0 cm³/mol. The maximum atomic E-state index is 13.2. The molecular weight excluding hydrogens is 359 g/mol. The van der Waals surface area contributed by atoms with Gasteiger partial charge in [-0.05, 0) is 50.3 Å². The van der Waals surface area contributed by atoms with Gasteiger partial charge in [-0.25, -0.2) is 4.79 Å². The van der Waals surface area contributed by atoms with Crippen molar-refractivity contribution in [3.05, 3.63) is 23.8 Å². The van der Waals surface area contributed by atoms with Gasteiger partial charge in [0.15, 0.2) is 0 Å². The smallest absolute Gasteiger partial charge is 0.394 e. The molecule has 2 amide bonds. The number of nitrogens with zero attached hydrogens (tertiary/aromatic N) is 2. The Labute approximate surface area is 157 Å². The van der Waals surface area contributed by atoms with E-state index in [1.807, 2.05) is 11.8 Å². The Morgan fingerprint density at radius 3 is 2.52 bits per heavy atom. The molecule has 2 fully saturated rings. The van der Waals surface area contributed by atoms with Gasteiger partial charge in [0, 0.05) is 19.6 Å². The minimum atomic E-state index is -4.48. The zero-order valence-electron chi connectivity index (χ0n) is 15.5. The summed E-state index contributed by atoms with van der Waals surface area (Å²) in [4.78, 5) is 16.4. The average Bonchev–Trinajstić information content (AvgIpc) is 3.31. The lowest BCUT2D eigenvalue weighted by Crippen LogP contribution is -2.51. The Kier molecular flexibility index (Phi) is 5.55. The minimum Gasteiger partial charge on any atom is -0.394 e. The Morgan fingerprint density at radius 2 is 1.93 bits per heavy atom. The Bertz CT molecular complexity index is 683. The van der Waals surface area contributed by atoms with E-state index in [1.165, 1.54) is 6.07 Å². The maximum Gasteiger partial charge on any atom is 0.416 e. The summed E-state index contributed by atoms with van der Waals surface area (Å²) < 4.78 is 39.5. The number of alkyl halides is 3. The van der Waals surface area contributed by atoms with Gasteiger partial charge in [0.05, 0.1) is 29.1 Å². The van der Waals surface area contributed by atoms with Gasteiger partial charge in [0.25, 0.3) is 0 Å². The fourth-order valence-electron chi connectivity index (χ4n) is 4.13. The van der Waals surface area contributed by atoms with Crippen molar-refractivity contribution in [2.24, 2.45) is 0 Å². The number of aliphatic hydroxyl groups excluding tert-OH is 1. The summed E-state index contributed by atoms with van der Waals surface area (Å²) in [7, 11) is 0. The van der Waals surface area contributed by atoms with E-state index in [-0.39, 0.29) is 12.3 Å². The molecule has 2 N–H and O–H groups in total. The number of aliphatic hydroxyl groups is 1. The third-order valence-corrected chi connectivity index (χ3v) is 5.81. The van der Waals surface area contributed by atoms with E-state index < -0.39 is 23.3 Å². The zero-order chi connectivity index (χ0) is 19.7. The zero-order valence-corrected chi connectivity index (χ0v) is 15.5. The largest absolute Gasteiger partial charge is 0.416 e. The summed E-state index contributed by atoms with van der Waals surface area (Å²) in [5.74, 6) is 0. The lowest BCUT2D eigenvalue weighted by molar-refractivity contribution is -0.137. The number of carbonyl (C=O) groups is 1. The quantitative estimate of drug-likeness (QED) is 0.821. The Morgan fingerprint density at radius 1 is 1.22 bits per heavy atom. The monoisotopic (exact) mass is 385 g/mol. The van der Waals surface area contributed by atoms with Crippen LogP contribution in [0.5, 0.6) is 0 Å². The van der Waals surface area contributed by atoms with Crippen LogP contribution in [0.15, 0.2) is 18.2 Å². The summed E-state index contributed by atoms with van der Waals surface area (Å²) in [5.41, 5.74) is -0.642. The molecule has 1 unspecified atom stereocenters. The van der Waals surface area contributed by atoms with Crippen LogP contribution in [-0.2, 0) is 6.18 Å². The van der Waals surface area contributed by atoms with Crippen molar-refractivity contribution in [3.63, 3.8) is 0 Å². The molecule has 0 radical (unpaired) electrons. The lowest BCUT2D eigenvalue weighted by atomic mass is 9.94. The number of carbonyl (C=O) groups excluding carboxylic acids is 1. The molecule has 1 atom stereocenters. The molecule has 0 saturated carbocycles. The Hall–Kier alpha value is -1.96. The molecule has 0 spiro atoms. The van der Waals surface area contributed by atoms with E-state index in [0.29, 0.717) is 25.1 Å². The first kappa shape index (κ1) is 19.8. The molecule has 0 aromatic heterocycles. The average molecular weight is 385 g/mol. The molecule has 1 aromatic rings. The van der Waals surface area contributed by atoms with Crippen LogP contribution in [0.3, 0.4) is 0 Å². The highest BCUT2D eigenvalue weighted by molar-refractivity contribution is 5.94. The number of halogens is 3. The van der Waals surface area contributed by atoms with Crippen molar-refractivity contribution < 1.29 is 23.1 Å². The van der Waals surface area contributed by atoms with Crippen molar-refractivity contribution in [3.8, 4) is 0 Å². The fourth-order valence-corrected chi connectivity index (χ4v) is 4.13. The number of likely N-dealkylation sites (tertiary alicyclic amines) is 1. The molecule has 150 valence electrons. The van der Waals surface area contributed by atoms with E-state index in [2.05, 4.69) is 5.32 Å². The van der Waals surface area contributed by atoms with Gasteiger partial charge in [-0.1, -0.05) is 6.92 Å². The second-order valence-electron chi connectivity index (χ2n) is 7.35. The van der Waals surface area contributed by atoms with Crippen molar-refractivity contribution in [1.82, 2.24) is 4.90 Å². The molecule has 0 bridgehead atoms. The number of urea groups is 1. The highest BCUT2D eigenvalue weighted by atomic mass is 19.4. The summed E-state index contributed by atoms with van der Waals surface area (Å²) >= 11 is 0. The fraction of sp³-hybridized carbons (Fsp3) is 0.632. The van der Waals surface area contributed by atoms with Crippen LogP contribution < -0.4 is 10.2 Å². The first-order valence-electron chi connectivity index (χ1n) is 9.46. The maximum absolute atomic E-state index is 13.2. The topological polar surface area (TPSA) is 55.8 Å². The molecular formula is C19H26F3N3O2. The van der Waals surface area contributed by atoms with Gasteiger partial charge in [-0.2, -0.15) is 13.2 Å². The van der Waals surface area contributed by atoms with E-state index in [4.69, 9.17) is 0 Å². The number of nitrogens with one attached hydrogen (secondary N) is 1. The number of amides is 2. The second kappa shape index (κ2) is 7.58. The van der Waals surface area contributed by atoms with Crippen molar-refractivity contribution >= 4 is 17.4 Å². The SMILES string of the molecule is CCC1(CO)CCCN1C(=O)Nc1cc(C(F)(F)F)ccc1N1CCCC1. The second-order valence-corrected chi connectivity index (χ2v) is 7.35. The molecule has 2 saturated heterocycles. The molecule has 27 heavy (non-hydrogen) atoms. The Balaban J connectivity index is 1.90. The van der Waals surface area contributed by atoms with E-state index in [9.17, 15) is 23.1 Å². The molecule has 1 aromatic carbocycles. The first-order chi connectivity index (χ1) is 12.8. The molecule has 8 heteroatoms. The number of anilines is 2. The first-order valence-corrected chi connectivity index (χ1v) is 9.46. The highest BCUT2D eigenvalue weighted by Gasteiger charge is 2.42. The molecule has 3 rings (SSSR count). The molecule has 2 aliphatic rings. The molecule has 2 aliphatic heterocycles. The standard InChI is InChI=1S/C19H26F3N3O2/c1-2-18(13-26)8-5-11-25(18)17(27)23-15-12-14(19(20,21)22)6-7-16(15)24-9-3-4-10-24/h6-7,12,26H,2-5,8-11,13H2,1H3,(H,23,27). The van der Waals surface area contributed by atoms with Crippen LogP contribution in [0.2, 0.25) is 0 Å². The minimum absolute atomic E-state index is 0.154. The van der Waals surface area contributed by atoms with Crippen LogP contribution in [0.25, 0.3) is 0 Å². The molecule has 5 nitrogen and oxygen atoms in total. The van der Waals surface area contributed by atoms with Crippen molar-refractivity contribution in [1.29, 1.82) is 0 Å². The molecule has 2 heterocycles. The summed E-state index contributed by atoms with van der Waals surface area (Å²) in [6, 6.07) is 3.05. The third kappa shape index (κ3) is 3.85. The third-order valence-electron chi connectivity index (χ3n) is 5.81. The predicted octanol–water partition coefficient (Wildman–Crippen LogP) is 4.07. The lowest BCUT2D eigenvalue weighted by Gasteiger charge is -2.36. The van der Waals surface area contributed by atoms with Crippen LogP contribution in [0.1, 0.15) is 44.6 Å². The van der Waals surface area contributed by atoms with E-state index >= 15 is 0 Å². The summed E-state index contributed by atoms with van der Waals surface area (Å²) in [5, 5.41) is 12.5. The van der Waals surface area contributed by atoms with Crippen LogP contribution in [-0.4, -0.2) is 47.8 Å². The number of rotatable bonds is 4. The van der Waals surface area contributed by atoms with E-state index in [0.717, 1.165) is 44.5 Å². The number of hydrogen-bond donors (Lipinski definition) is 2. The van der Waals surface area contributed by atoms with Crippen molar-refractivity contribution in [2.45, 2.75) is 50.7 Å². The van der Waals surface area contributed by atoms with Gasteiger partial charge in [-0.3, -0.25) is 0 Å². The molecule has 0 aliphatic carbocycles. The van der Waals surface area contributed by atoms with Gasteiger partial charge in [-0.15, -0.1) is 0 Å². The van der Waals surface area contributed by atoms with Gasteiger partial charge < -0.3 is 20.2 Å². The van der Waals surface area contributed by atoms with Crippen LogP contribution >= 0.6 is 0 Å². The van der Waals surface area contributed by atoms with Gasteiger partial charge >= 0.3 is 12.2 Å². The van der Waals surface area contributed by atoms with E-state index in [1.54, 1.807) is 4.90 Å². The highest BCUT2D eigenvalue weighted by Crippen LogP contribution is 2.38. The van der Waals surface area contributed by atoms with Gasteiger partial charge in [0.2, 0.25) is 0 Å². The van der Waals surface area contributed by atoms with Crippen molar-refractivity contribution in [2.75, 3.05) is 36.5 Å². The van der Waals surface area contributed by atoms with Crippen LogP contribution in [0, 0.1) is 0 Å². The summed E-state index contributed by atoms with van der Waals surface area (Å²) in [6.07, 6.45) is -0.472.